The van der Waals surface area contributed by atoms with Gasteiger partial charge in [0, 0.05) is 11.6 Å². The van der Waals surface area contributed by atoms with Gasteiger partial charge in [-0.2, -0.15) is 0 Å². The van der Waals surface area contributed by atoms with Crippen molar-refractivity contribution in [3.63, 3.8) is 0 Å². The normalized spacial score (nSPS) is 10.2. The van der Waals surface area contributed by atoms with Crippen LogP contribution in [0.3, 0.4) is 0 Å². The Bertz CT molecular complexity index is 442. The average molecular weight is 185 g/mol. The maximum atomic E-state index is 5.14. The van der Waals surface area contributed by atoms with Gasteiger partial charge in [-0.3, -0.25) is 4.98 Å². The molecular formula is C10H8AlNO. The van der Waals surface area contributed by atoms with Crippen LogP contribution in [-0.4, -0.2) is 21.6 Å². The van der Waals surface area contributed by atoms with E-state index in [0.717, 1.165) is 16.7 Å². The third kappa shape index (κ3) is 1.41. The molecule has 0 atom stereocenters. The molecule has 0 bridgehead atoms. The standard InChI is InChI=1S/C10H9NO.Al/c1-7-5-6-11-10-8(7)3-2-4-9(10)12;/h2-6,12H,1H3;/q;+1/p-1. The van der Waals surface area contributed by atoms with Crippen molar-refractivity contribution >= 4 is 27.5 Å². The molecule has 1 heterocycles. The van der Waals surface area contributed by atoms with E-state index in [1.165, 1.54) is 5.56 Å². The Morgan fingerprint density at radius 3 is 2.92 bits per heavy atom. The Kier molecular flexibility index (Phi) is 2.22. The minimum Gasteiger partial charge on any atom is -0.652 e. The molecule has 0 aliphatic carbocycles. The maximum absolute atomic E-state index is 5.14. The minimum atomic E-state index is 0.797. The van der Waals surface area contributed by atoms with Crippen LogP contribution in [-0.2, 0) is 0 Å². The predicted octanol–water partition coefficient (Wildman–Crippen LogP) is 2.01. The molecule has 0 saturated carbocycles. The number of para-hydroxylation sites is 1. The fraction of sp³-hybridized carbons (Fsp3) is 0.100. The molecule has 2 nitrogen and oxygen atoms in total. The monoisotopic (exact) mass is 185 g/mol. The Labute approximate surface area is 85.3 Å². The summed E-state index contributed by atoms with van der Waals surface area (Å²) in [6.45, 7) is 2.07. The largest absolute Gasteiger partial charge is 0.652 e. The Balaban J connectivity index is 2.84. The summed E-state index contributed by atoms with van der Waals surface area (Å²) in [6.07, 6.45) is 1.80. The van der Waals surface area contributed by atoms with E-state index in [0.29, 0.717) is 0 Å². The van der Waals surface area contributed by atoms with Crippen LogP contribution in [0, 0.1) is 6.92 Å². The van der Waals surface area contributed by atoms with Gasteiger partial charge in [0.1, 0.15) is 11.3 Å². The van der Waals surface area contributed by atoms with Crippen LogP contribution in [0.25, 0.3) is 10.9 Å². The number of nitrogens with zero attached hydrogens (tertiary/aromatic N) is 1. The molecule has 0 aliphatic rings. The van der Waals surface area contributed by atoms with E-state index in [-0.39, 0.29) is 0 Å². The summed E-state index contributed by atoms with van der Waals surface area (Å²) >= 11 is 2.24. The highest BCUT2D eigenvalue weighted by Crippen LogP contribution is 2.24. The van der Waals surface area contributed by atoms with Crippen molar-refractivity contribution in [1.82, 2.24) is 4.98 Å². The fourth-order valence-corrected chi connectivity index (χ4v) is 1.57. The number of fused-ring (bicyclic) bond motifs is 1. The Hall–Kier alpha value is -1.04. The molecule has 0 fully saturated rings. The third-order valence-electron chi connectivity index (χ3n) is 2.08. The highest BCUT2D eigenvalue weighted by atomic mass is 27.1. The van der Waals surface area contributed by atoms with Gasteiger partial charge in [0.05, 0.1) is 0 Å². The van der Waals surface area contributed by atoms with Gasteiger partial charge in [-0.15, -0.1) is 0 Å². The second kappa shape index (κ2) is 3.37. The van der Waals surface area contributed by atoms with Gasteiger partial charge in [-0.25, -0.2) is 0 Å². The summed E-state index contributed by atoms with van der Waals surface area (Å²) in [5.74, 6) is 0.797. The first-order valence-electron chi connectivity index (χ1n) is 4.04. The highest BCUT2D eigenvalue weighted by molar-refractivity contribution is 6.02. The molecule has 0 amide bonds. The first kappa shape index (κ1) is 8.56. The van der Waals surface area contributed by atoms with Crippen LogP contribution in [0.4, 0.5) is 0 Å². The van der Waals surface area contributed by atoms with Crippen molar-refractivity contribution in [2.75, 3.05) is 0 Å². The molecule has 0 saturated heterocycles. The molecule has 0 N–H and O–H groups in total. The van der Waals surface area contributed by atoms with Crippen LogP contribution in [0.5, 0.6) is 5.75 Å². The van der Waals surface area contributed by atoms with E-state index < -0.39 is 0 Å². The van der Waals surface area contributed by atoms with E-state index in [4.69, 9.17) is 3.79 Å². The molecule has 0 spiro atoms. The lowest BCUT2D eigenvalue weighted by Crippen LogP contribution is -1.89. The summed E-state index contributed by atoms with van der Waals surface area (Å²) < 4.78 is 5.14. The number of hydrogen-bond donors (Lipinski definition) is 0. The SMILES string of the molecule is Cc1ccnc2c([O][Al])cccc12. The van der Waals surface area contributed by atoms with Crippen molar-refractivity contribution in [1.29, 1.82) is 0 Å². The Morgan fingerprint density at radius 2 is 2.15 bits per heavy atom. The first-order chi connectivity index (χ1) is 6.33. The van der Waals surface area contributed by atoms with Gasteiger partial charge in [0.2, 0.25) is 0 Å². The van der Waals surface area contributed by atoms with Crippen molar-refractivity contribution in [3.05, 3.63) is 36.0 Å². The number of hydrogen-bond acceptors (Lipinski definition) is 2. The van der Waals surface area contributed by atoms with Crippen molar-refractivity contribution < 1.29 is 3.79 Å². The van der Waals surface area contributed by atoms with Gasteiger partial charge >= 0.3 is 16.6 Å². The number of pyridine rings is 1. The quantitative estimate of drug-likeness (QED) is 0.634. The second-order valence-electron chi connectivity index (χ2n) is 2.90. The van der Waals surface area contributed by atoms with Crippen LogP contribution < -0.4 is 3.79 Å². The second-order valence-corrected chi connectivity index (χ2v) is 3.13. The predicted molar refractivity (Wildman–Crippen MR) is 52.9 cm³/mol. The molecule has 1 aromatic carbocycles. The zero-order valence-corrected chi connectivity index (χ0v) is 8.47. The molecule has 0 unspecified atom stereocenters. The van der Waals surface area contributed by atoms with E-state index in [9.17, 15) is 0 Å². The zero-order chi connectivity index (χ0) is 9.26. The molecule has 13 heavy (non-hydrogen) atoms. The fourth-order valence-electron chi connectivity index (χ4n) is 1.38. The van der Waals surface area contributed by atoms with Gasteiger partial charge in [0.25, 0.3) is 0 Å². The van der Waals surface area contributed by atoms with Crippen molar-refractivity contribution in [2.45, 2.75) is 6.92 Å². The summed E-state index contributed by atoms with van der Waals surface area (Å²) in [7, 11) is 0. The smallest absolute Gasteiger partial charge is 0.482 e. The first-order valence-corrected chi connectivity index (χ1v) is 4.51. The molecule has 1 aromatic heterocycles. The summed E-state index contributed by atoms with van der Waals surface area (Å²) in [4.78, 5) is 4.27. The number of benzene rings is 1. The third-order valence-corrected chi connectivity index (χ3v) is 2.33. The summed E-state index contributed by atoms with van der Waals surface area (Å²) in [5.41, 5.74) is 2.13. The molecule has 0 aliphatic heterocycles. The van der Waals surface area contributed by atoms with Crippen molar-refractivity contribution in [2.24, 2.45) is 0 Å². The molecule has 2 radical (unpaired) electrons. The van der Waals surface area contributed by atoms with Gasteiger partial charge in [-0.05, 0) is 24.6 Å². The van der Waals surface area contributed by atoms with Crippen LogP contribution in [0.1, 0.15) is 5.56 Å². The summed E-state index contributed by atoms with van der Waals surface area (Å²) in [6, 6.07) is 7.91. The van der Waals surface area contributed by atoms with E-state index in [1.54, 1.807) is 6.20 Å². The van der Waals surface area contributed by atoms with Gasteiger partial charge in [0.15, 0.2) is 0 Å². The molecule has 2 aromatic rings. The van der Waals surface area contributed by atoms with Crippen LogP contribution >= 0.6 is 0 Å². The average Bonchev–Trinajstić information content (AvgIpc) is 2.18. The van der Waals surface area contributed by atoms with E-state index in [1.807, 2.05) is 24.3 Å². The summed E-state index contributed by atoms with van der Waals surface area (Å²) in [5, 5.41) is 1.14. The van der Waals surface area contributed by atoms with E-state index in [2.05, 4.69) is 28.5 Å². The minimum absolute atomic E-state index is 0.797. The van der Waals surface area contributed by atoms with Crippen LogP contribution in [0.2, 0.25) is 0 Å². The molecular weight excluding hydrogens is 177 g/mol. The lowest BCUT2D eigenvalue weighted by molar-refractivity contribution is 0.622. The highest BCUT2D eigenvalue weighted by Gasteiger charge is 2.01. The lowest BCUT2D eigenvalue weighted by Gasteiger charge is -2.07. The van der Waals surface area contributed by atoms with Crippen molar-refractivity contribution in [3.8, 4) is 5.75 Å². The number of aromatic nitrogens is 1. The van der Waals surface area contributed by atoms with Crippen LogP contribution in [0.15, 0.2) is 30.5 Å². The number of aryl methyl sites for hydroxylation is 1. The van der Waals surface area contributed by atoms with E-state index >= 15 is 0 Å². The zero-order valence-electron chi connectivity index (χ0n) is 7.32. The van der Waals surface area contributed by atoms with Gasteiger partial charge < -0.3 is 3.79 Å². The number of rotatable bonds is 1. The lowest BCUT2D eigenvalue weighted by atomic mass is 10.1. The molecule has 2 rings (SSSR count). The maximum Gasteiger partial charge on any atom is 0.482 e. The Morgan fingerprint density at radius 1 is 1.31 bits per heavy atom. The van der Waals surface area contributed by atoms with Gasteiger partial charge in [-0.1, -0.05) is 12.1 Å². The molecule has 62 valence electrons. The molecule has 3 heteroatoms. The topological polar surface area (TPSA) is 22.1 Å².